The predicted molar refractivity (Wildman–Crippen MR) is 89.2 cm³/mol. The maximum absolute atomic E-state index is 13.1. The third-order valence-corrected chi connectivity index (χ3v) is 4.20. The summed E-state index contributed by atoms with van der Waals surface area (Å²) in [5.74, 6) is -0.121. The van der Waals surface area contributed by atoms with Gasteiger partial charge in [0.15, 0.2) is 0 Å². The molecule has 1 saturated heterocycles. The molecule has 2 N–H and O–H groups in total. The maximum atomic E-state index is 13.1. The number of aliphatic hydroxyl groups excluding tert-OH is 1. The van der Waals surface area contributed by atoms with Gasteiger partial charge in [-0.1, -0.05) is 23.7 Å². The fraction of sp³-hybridized carbons (Fsp3) is 0.294. The number of aromatic nitrogens is 1. The first kappa shape index (κ1) is 16.8. The molecule has 3 rings (SSSR count). The Morgan fingerprint density at radius 1 is 1.33 bits per heavy atom. The van der Waals surface area contributed by atoms with Gasteiger partial charge in [0.05, 0.1) is 17.7 Å². The smallest absolute Gasteiger partial charge is 0.239 e. The van der Waals surface area contributed by atoms with Crippen molar-refractivity contribution in [3.05, 3.63) is 59.0 Å². The summed E-state index contributed by atoms with van der Waals surface area (Å²) in [5.41, 5.74) is 0.880. The molecule has 0 unspecified atom stereocenters. The number of carbonyl (C=O) groups is 1. The van der Waals surface area contributed by atoms with Gasteiger partial charge in [0.2, 0.25) is 5.91 Å². The standard InChI is InChI=1S/C17H17ClFN3O2/c18-12-3-6-16(20-8-12)21-17(24)10-22-9-14(23)7-15(22)11-1-4-13(19)5-2-11/h1-6,8,14-15,23H,7,9-10H2,(H,20,21,24)/t14-,15+/m0/s1. The van der Waals surface area contributed by atoms with Crippen LogP contribution in [0.1, 0.15) is 18.0 Å². The molecule has 0 bridgehead atoms. The van der Waals surface area contributed by atoms with Gasteiger partial charge in [0.25, 0.3) is 0 Å². The molecule has 2 aromatic rings. The van der Waals surface area contributed by atoms with Crippen molar-refractivity contribution in [3.8, 4) is 0 Å². The fourth-order valence-corrected chi connectivity index (χ4v) is 3.01. The van der Waals surface area contributed by atoms with Gasteiger partial charge >= 0.3 is 0 Å². The third-order valence-electron chi connectivity index (χ3n) is 3.98. The second kappa shape index (κ2) is 7.25. The van der Waals surface area contributed by atoms with Crippen molar-refractivity contribution in [2.45, 2.75) is 18.6 Å². The highest BCUT2D eigenvalue weighted by molar-refractivity contribution is 6.30. The largest absolute Gasteiger partial charge is 0.392 e. The number of β-amino-alcohol motifs (C(OH)–C–C–N with tert-alkyl or cyclic N) is 1. The highest BCUT2D eigenvalue weighted by Crippen LogP contribution is 2.31. The number of carbonyl (C=O) groups excluding carboxylic acids is 1. The number of halogens is 2. The van der Waals surface area contributed by atoms with Crippen molar-refractivity contribution < 1.29 is 14.3 Å². The van der Waals surface area contributed by atoms with Gasteiger partial charge in [0.1, 0.15) is 11.6 Å². The van der Waals surface area contributed by atoms with Crippen LogP contribution in [0.3, 0.4) is 0 Å². The summed E-state index contributed by atoms with van der Waals surface area (Å²) < 4.78 is 13.1. The number of anilines is 1. The highest BCUT2D eigenvalue weighted by Gasteiger charge is 2.33. The van der Waals surface area contributed by atoms with Crippen LogP contribution in [0.5, 0.6) is 0 Å². The van der Waals surface area contributed by atoms with Crippen molar-refractivity contribution in [1.29, 1.82) is 0 Å². The number of benzene rings is 1. The zero-order valence-electron chi connectivity index (χ0n) is 12.8. The zero-order valence-corrected chi connectivity index (χ0v) is 13.6. The molecule has 0 aliphatic carbocycles. The lowest BCUT2D eigenvalue weighted by atomic mass is 10.0. The van der Waals surface area contributed by atoms with E-state index in [4.69, 9.17) is 11.6 Å². The number of nitrogens with zero attached hydrogens (tertiary/aromatic N) is 2. The lowest BCUT2D eigenvalue weighted by molar-refractivity contribution is -0.117. The molecule has 1 fully saturated rings. The molecule has 0 saturated carbocycles. The van der Waals surface area contributed by atoms with Crippen LogP contribution >= 0.6 is 11.6 Å². The number of pyridine rings is 1. The summed E-state index contributed by atoms with van der Waals surface area (Å²) in [6.45, 7) is 0.507. The normalized spacial score (nSPS) is 21.0. The van der Waals surface area contributed by atoms with Gasteiger partial charge in [-0.05, 0) is 36.2 Å². The topological polar surface area (TPSA) is 65.5 Å². The van der Waals surface area contributed by atoms with Crippen molar-refractivity contribution in [2.75, 3.05) is 18.4 Å². The predicted octanol–water partition coefficient (Wildman–Crippen LogP) is 2.62. The van der Waals surface area contributed by atoms with Gasteiger partial charge in [-0.3, -0.25) is 9.69 Å². The van der Waals surface area contributed by atoms with Crippen LogP contribution in [0, 0.1) is 5.82 Å². The molecule has 2 atom stereocenters. The SMILES string of the molecule is O=C(CN1C[C@@H](O)C[C@@H]1c1ccc(F)cc1)Nc1ccc(Cl)cn1. The van der Waals surface area contributed by atoms with E-state index in [1.807, 2.05) is 4.90 Å². The first-order valence-corrected chi connectivity index (χ1v) is 7.98. The van der Waals surface area contributed by atoms with E-state index in [-0.39, 0.29) is 24.3 Å². The molecule has 1 aromatic heterocycles. The van der Waals surface area contributed by atoms with Gasteiger partial charge in [-0.15, -0.1) is 0 Å². The number of hydrogen-bond acceptors (Lipinski definition) is 4. The lowest BCUT2D eigenvalue weighted by Gasteiger charge is -2.23. The van der Waals surface area contributed by atoms with E-state index in [1.54, 1.807) is 24.3 Å². The molecule has 5 nitrogen and oxygen atoms in total. The van der Waals surface area contributed by atoms with Crippen LogP contribution in [0.2, 0.25) is 5.02 Å². The number of likely N-dealkylation sites (tertiary alicyclic amines) is 1. The monoisotopic (exact) mass is 349 g/mol. The lowest BCUT2D eigenvalue weighted by Crippen LogP contribution is -2.34. The first-order valence-electron chi connectivity index (χ1n) is 7.60. The second-order valence-electron chi connectivity index (χ2n) is 5.80. The average Bonchev–Trinajstić information content (AvgIpc) is 2.90. The molecule has 1 aromatic carbocycles. The number of hydrogen-bond donors (Lipinski definition) is 2. The van der Waals surface area contributed by atoms with E-state index in [1.165, 1.54) is 18.3 Å². The summed E-state index contributed by atoms with van der Waals surface area (Å²) in [6.07, 6.45) is 1.46. The Balaban J connectivity index is 1.66. The Hall–Kier alpha value is -2.02. The molecule has 126 valence electrons. The average molecular weight is 350 g/mol. The summed E-state index contributed by atoms with van der Waals surface area (Å²) >= 11 is 5.76. The molecule has 1 aliphatic heterocycles. The summed E-state index contributed by atoms with van der Waals surface area (Å²) in [6, 6.07) is 9.28. The van der Waals surface area contributed by atoms with E-state index in [0.29, 0.717) is 23.8 Å². The van der Waals surface area contributed by atoms with Crippen molar-refractivity contribution in [1.82, 2.24) is 9.88 Å². The number of amides is 1. The summed E-state index contributed by atoms with van der Waals surface area (Å²) in [5, 5.41) is 13.1. The van der Waals surface area contributed by atoms with Gasteiger partial charge < -0.3 is 10.4 Å². The quantitative estimate of drug-likeness (QED) is 0.890. The van der Waals surface area contributed by atoms with Gasteiger partial charge in [-0.2, -0.15) is 0 Å². The molecule has 2 heterocycles. The molecule has 24 heavy (non-hydrogen) atoms. The summed E-state index contributed by atoms with van der Waals surface area (Å²) in [7, 11) is 0. The fourth-order valence-electron chi connectivity index (χ4n) is 2.90. The minimum absolute atomic E-state index is 0.114. The van der Waals surface area contributed by atoms with Crippen molar-refractivity contribution >= 4 is 23.3 Å². The second-order valence-corrected chi connectivity index (χ2v) is 6.23. The Morgan fingerprint density at radius 2 is 2.08 bits per heavy atom. The molecule has 0 spiro atoms. The van der Waals surface area contributed by atoms with E-state index in [9.17, 15) is 14.3 Å². The van der Waals surface area contributed by atoms with Crippen molar-refractivity contribution in [2.24, 2.45) is 0 Å². The van der Waals surface area contributed by atoms with E-state index < -0.39 is 6.10 Å². The van der Waals surface area contributed by atoms with Gasteiger partial charge in [-0.25, -0.2) is 9.37 Å². The van der Waals surface area contributed by atoms with E-state index in [0.717, 1.165) is 5.56 Å². The molecular formula is C17H17ClFN3O2. The van der Waals surface area contributed by atoms with Crippen LogP contribution < -0.4 is 5.32 Å². The Morgan fingerprint density at radius 3 is 2.75 bits per heavy atom. The molecule has 1 amide bonds. The van der Waals surface area contributed by atoms with E-state index in [2.05, 4.69) is 10.3 Å². The van der Waals surface area contributed by atoms with Crippen LogP contribution in [0.4, 0.5) is 10.2 Å². The van der Waals surface area contributed by atoms with Crippen LogP contribution in [0.15, 0.2) is 42.6 Å². The number of nitrogens with one attached hydrogen (secondary N) is 1. The minimum atomic E-state index is -0.512. The van der Waals surface area contributed by atoms with E-state index >= 15 is 0 Å². The molecular weight excluding hydrogens is 333 g/mol. The van der Waals surface area contributed by atoms with Crippen LogP contribution in [0.25, 0.3) is 0 Å². The number of rotatable bonds is 4. The zero-order chi connectivity index (χ0) is 17.1. The highest BCUT2D eigenvalue weighted by atomic mass is 35.5. The van der Waals surface area contributed by atoms with Crippen LogP contribution in [-0.2, 0) is 4.79 Å². The van der Waals surface area contributed by atoms with Crippen molar-refractivity contribution in [3.63, 3.8) is 0 Å². The van der Waals surface area contributed by atoms with Crippen LogP contribution in [-0.4, -0.2) is 40.1 Å². The maximum Gasteiger partial charge on any atom is 0.239 e. The molecule has 7 heteroatoms. The summed E-state index contributed by atoms with van der Waals surface area (Å²) in [4.78, 5) is 18.1. The number of aliphatic hydroxyl groups is 1. The minimum Gasteiger partial charge on any atom is -0.392 e. The Labute approximate surface area is 144 Å². The van der Waals surface area contributed by atoms with Gasteiger partial charge in [0, 0.05) is 18.8 Å². The Bertz CT molecular complexity index is 709. The first-order chi connectivity index (χ1) is 11.5. The molecule has 1 aliphatic rings. The third kappa shape index (κ3) is 4.08. The Kier molecular flexibility index (Phi) is 5.08. The molecule has 0 radical (unpaired) electrons.